The lowest BCUT2D eigenvalue weighted by Gasteiger charge is -2.06. The molecule has 0 amide bonds. The number of halogens is 3. The fraction of sp³-hybridized carbons (Fsp3) is 0.250. The minimum Gasteiger partial charge on any atom is -0.265 e. The summed E-state index contributed by atoms with van der Waals surface area (Å²) in [5.74, 6) is -0.347. The minimum atomic E-state index is -3.43. The van der Waals surface area contributed by atoms with Crippen LogP contribution in [0.25, 0.3) is 0 Å². The van der Waals surface area contributed by atoms with Crippen LogP contribution in [-0.2, 0) is 16.6 Å². The van der Waals surface area contributed by atoms with Gasteiger partial charge in [0.2, 0.25) is 10.0 Å². The molecule has 1 aromatic carbocycles. The van der Waals surface area contributed by atoms with Crippen molar-refractivity contribution >= 4 is 43.4 Å². The van der Waals surface area contributed by atoms with Crippen LogP contribution in [0.1, 0.15) is 12.5 Å². The summed E-state index contributed by atoms with van der Waals surface area (Å²) >= 11 is 9.16. The maximum Gasteiger partial charge on any atom is 0.233 e. The molecule has 5 nitrogen and oxygen atoms in total. The molecule has 0 spiro atoms. The molecule has 0 saturated carbocycles. The summed E-state index contributed by atoms with van der Waals surface area (Å²) in [5, 5.41) is 4.36. The number of hydrogen-bond donors (Lipinski definition) is 1. The molecule has 2 rings (SSSR count). The Morgan fingerprint density at radius 1 is 1.48 bits per heavy atom. The highest BCUT2D eigenvalue weighted by Crippen LogP contribution is 2.24. The Morgan fingerprint density at radius 3 is 2.81 bits per heavy atom. The Labute approximate surface area is 135 Å². The summed E-state index contributed by atoms with van der Waals surface area (Å²) in [4.78, 5) is 0. The zero-order valence-electron chi connectivity index (χ0n) is 11.0. The first-order valence-corrected chi connectivity index (χ1v) is 8.81. The maximum absolute atomic E-state index is 13.7. The standard InChI is InChI=1S/C12H12BrClFN3O2S/c1-2-21(19,20)17-12-9(13)7-18(16-12)6-8-10(14)4-3-5-11(8)15/h3-5,7H,2,6H2,1H3,(H,16,17). The second kappa shape index (κ2) is 6.33. The van der Waals surface area contributed by atoms with Gasteiger partial charge < -0.3 is 0 Å². The Hall–Kier alpha value is -1.12. The molecule has 0 radical (unpaired) electrons. The van der Waals surface area contributed by atoms with E-state index in [1.54, 1.807) is 12.3 Å². The van der Waals surface area contributed by atoms with E-state index in [0.29, 0.717) is 10.0 Å². The third-order valence-corrected chi connectivity index (χ3v) is 4.93. The van der Waals surface area contributed by atoms with Gasteiger partial charge in [0.05, 0.1) is 16.8 Å². The molecule has 0 aliphatic rings. The predicted octanol–water partition coefficient (Wildman–Crippen LogP) is 3.25. The Balaban J connectivity index is 2.27. The van der Waals surface area contributed by atoms with Gasteiger partial charge in [0.15, 0.2) is 5.82 Å². The Bertz CT molecular complexity index is 744. The fourth-order valence-corrected chi connectivity index (χ4v) is 2.97. The first-order valence-electron chi connectivity index (χ1n) is 5.98. The van der Waals surface area contributed by atoms with Crippen molar-refractivity contribution in [2.45, 2.75) is 13.5 Å². The zero-order valence-corrected chi connectivity index (χ0v) is 14.1. The molecule has 0 bridgehead atoms. The molecule has 114 valence electrons. The number of hydrogen-bond acceptors (Lipinski definition) is 3. The molecule has 21 heavy (non-hydrogen) atoms. The summed E-state index contributed by atoms with van der Waals surface area (Å²) < 4.78 is 41.0. The molecule has 0 unspecified atom stereocenters. The number of rotatable bonds is 5. The van der Waals surface area contributed by atoms with E-state index in [1.807, 2.05) is 0 Å². The number of anilines is 1. The van der Waals surface area contributed by atoms with Crippen LogP contribution in [0.4, 0.5) is 10.2 Å². The number of aromatic nitrogens is 2. The van der Waals surface area contributed by atoms with Crippen LogP contribution in [0.3, 0.4) is 0 Å². The first-order chi connectivity index (χ1) is 9.82. The lowest BCUT2D eigenvalue weighted by molar-refractivity contribution is 0.585. The largest absolute Gasteiger partial charge is 0.265 e. The lowest BCUT2D eigenvalue weighted by Crippen LogP contribution is -2.15. The van der Waals surface area contributed by atoms with Crippen molar-refractivity contribution in [3.05, 3.63) is 45.3 Å². The van der Waals surface area contributed by atoms with E-state index in [-0.39, 0.29) is 23.1 Å². The molecular formula is C12H12BrClFN3O2S. The Kier molecular flexibility index (Phi) is 4.90. The van der Waals surface area contributed by atoms with Gasteiger partial charge in [0.1, 0.15) is 5.82 Å². The van der Waals surface area contributed by atoms with E-state index in [4.69, 9.17) is 11.6 Å². The average Bonchev–Trinajstić information content (AvgIpc) is 2.74. The van der Waals surface area contributed by atoms with Crippen LogP contribution in [0.2, 0.25) is 5.02 Å². The predicted molar refractivity (Wildman–Crippen MR) is 83.5 cm³/mol. The molecule has 1 N–H and O–H groups in total. The number of nitrogens with one attached hydrogen (secondary N) is 1. The van der Waals surface area contributed by atoms with Gasteiger partial charge >= 0.3 is 0 Å². The summed E-state index contributed by atoms with van der Waals surface area (Å²) in [5.41, 5.74) is 0.291. The molecule has 0 aliphatic carbocycles. The van der Waals surface area contributed by atoms with E-state index in [0.717, 1.165) is 0 Å². The molecule has 9 heteroatoms. The van der Waals surface area contributed by atoms with E-state index in [2.05, 4.69) is 25.8 Å². The third-order valence-electron chi connectivity index (χ3n) is 2.73. The quantitative estimate of drug-likeness (QED) is 0.844. The van der Waals surface area contributed by atoms with Gasteiger partial charge in [0, 0.05) is 16.8 Å². The molecule has 0 aliphatic heterocycles. The van der Waals surface area contributed by atoms with Crippen molar-refractivity contribution < 1.29 is 12.8 Å². The molecule has 1 heterocycles. The van der Waals surface area contributed by atoms with Crippen LogP contribution in [0.5, 0.6) is 0 Å². The SMILES string of the molecule is CCS(=O)(=O)Nc1nn(Cc2c(F)cccc2Cl)cc1Br. The van der Waals surface area contributed by atoms with Gasteiger partial charge in [-0.2, -0.15) is 5.10 Å². The second-order valence-electron chi connectivity index (χ2n) is 4.23. The monoisotopic (exact) mass is 395 g/mol. The average molecular weight is 397 g/mol. The third kappa shape index (κ3) is 3.96. The van der Waals surface area contributed by atoms with Gasteiger partial charge in [-0.05, 0) is 35.0 Å². The van der Waals surface area contributed by atoms with Gasteiger partial charge in [-0.15, -0.1) is 0 Å². The highest BCUT2D eigenvalue weighted by atomic mass is 79.9. The molecular weight excluding hydrogens is 385 g/mol. The van der Waals surface area contributed by atoms with Gasteiger partial charge in [-0.1, -0.05) is 17.7 Å². The number of sulfonamides is 1. The number of nitrogens with zero attached hydrogens (tertiary/aromatic N) is 2. The van der Waals surface area contributed by atoms with E-state index in [9.17, 15) is 12.8 Å². The molecule has 0 saturated heterocycles. The lowest BCUT2D eigenvalue weighted by atomic mass is 10.2. The Morgan fingerprint density at radius 2 is 2.19 bits per heavy atom. The maximum atomic E-state index is 13.7. The molecule has 0 atom stereocenters. The normalized spacial score (nSPS) is 11.6. The first kappa shape index (κ1) is 16.3. The van der Waals surface area contributed by atoms with Crippen molar-refractivity contribution in [1.82, 2.24) is 9.78 Å². The summed E-state index contributed by atoms with van der Waals surface area (Å²) in [6, 6.07) is 4.40. The van der Waals surface area contributed by atoms with E-state index >= 15 is 0 Å². The zero-order chi connectivity index (χ0) is 15.6. The highest BCUT2D eigenvalue weighted by Gasteiger charge is 2.15. The fourth-order valence-electron chi connectivity index (χ4n) is 1.61. The van der Waals surface area contributed by atoms with Crippen LogP contribution < -0.4 is 4.72 Å². The van der Waals surface area contributed by atoms with Gasteiger partial charge in [0.25, 0.3) is 0 Å². The second-order valence-corrected chi connectivity index (χ2v) is 7.50. The van der Waals surface area contributed by atoms with Crippen LogP contribution in [-0.4, -0.2) is 24.0 Å². The van der Waals surface area contributed by atoms with Crippen LogP contribution in [0, 0.1) is 5.82 Å². The van der Waals surface area contributed by atoms with Crippen molar-refractivity contribution in [1.29, 1.82) is 0 Å². The van der Waals surface area contributed by atoms with E-state index < -0.39 is 15.8 Å². The smallest absolute Gasteiger partial charge is 0.233 e. The number of benzene rings is 1. The highest BCUT2D eigenvalue weighted by molar-refractivity contribution is 9.10. The van der Waals surface area contributed by atoms with Crippen LogP contribution >= 0.6 is 27.5 Å². The van der Waals surface area contributed by atoms with Crippen molar-refractivity contribution in [2.24, 2.45) is 0 Å². The molecule has 1 aromatic heterocycles. The van der Waals surface area contributed by atoms with E-state index in [1.165, 1.54) is 23.7 Å². The van der Waals surface area contributed by atoms with Crippen LogP contribution in [0.15, 0.2) is 28.9 Å². The minimum absolute atomic E-state index is 0.0640. The van der Waals surface area contributed by atoms with Gasteiger partial charge in [-0.3, -0.25) is 9.40 Å². The molecule has 0 fully saturated rings. The van der Waals surface area contributed by atoms with Gasteiger partial charge in [-0.25, -0.2) is 12.8 Å². The van der Waals surface area contributed by atoms with Crippen molar-refractivity contribution in [2.75, 3.05) is 10.5 Å². The molecule has 2 aromatic rings. The topological polar surface area (TPSA) is 64.0 Å². The summed E-state index contributed by atoms with van der Waals surface area (Å²) in [6.07, 6.45) is 1.55. The van der Waals surface area contributed by atoms with Crippen molar-refractivity contribution in [3.8, 4) is 0 Å². The van der Waals surface area contributed by atoms with Crippen molar-refractivity contribution in [3.63, 3.8) is 0 Å². The summed E-state index contributed by atoms with van der Waals surface area (Å²) in [7, 11) is -3.43. The summed E-state index contributed by atoms with van der Waals surface area (Å²) in [6.45, 7) is 1.62.